The predicted molar refractivity (Wildman–Crippen MR) is 79.0 cm³/mol. The molecule has 3 rings (SSSR count). The number of nitrogens with two attached hydrogens (primary N) is 1. The third kappa shape index (κ3) is 2.58. The minimum absolute atomic E-state index is 0.0140. The molecular formula is C15H21N3O2. The van der Waals surface area contributed by atoms with Crippen molar-refractivity contribution in [1.82, 2.24) is 4.90 Å². The van der Waals surface area contributed by atoms with Crippen LogP contribution in [0.25, 0.3) is 0 Å². The smallest absolute Gasteiger partial charge is 0.265 e. The van der Waals surface area contributed by atoms with Crippen molar-refractivity contribution in [3.63, 3.8) is 0 Å². The standard InChI is InChI=1S/C15H21N3O2/c16-12-5-4-6-13-15(12)20-11-14(19)18(13)10-9-17-7-2-1-3-8-17/h4-6H,1-3,7-11,16H2. The molecule has 1 fully saturated rings. The van der Waals surface area contributed by atoms with Gasteiger partial charge in [-0.05, 0) is 38.1 Å². The highest BCUT2D eigenvalue weighted by Crippen LogP contribution is 2.36. The van der Waals surface area contributed by atoms with Crippen LogP contribution in [0.4, 0.5) is 11.4 Å². The van der Waals surface area contributed by atoms with Crippen molar-refractivity contribution in [2.75, 3.05) is 43.4 Å². The van der Waals surface area contributed by atoms with Crippen LogP contribution in [0.1, 0.15) is 19.3 Å². The lowest BCUT2D eigenvalue weighted by Crippen LogP contribution is -2.44. The SMILES string of the molecule is Nc1cccc2c1OCC(=O)N2CCN1CCCCC1. The van der Waals surface area contributed by atoms with Gasteiger partial charge in [0.2, 0.25) is 0 Å². The van der Waals surface area contributed by atoms with E-state index in [-0.39, 0.29) is 12.5 Å². The number of nitrogen functional groups attached to an aromatic ring is 1. The van der Waals surface area contributed by atoms with Gasteiger partial charge in [-0.3, -0.25) is 4.79 Å². The summed E-state index contributed by atoms with van der Waals surface area (Å²) in [7, 11) is 0. The molecule has 2 aliphatic rings. The second-order valence-electron chi connectivity index (χ2n) is 5.43. The first-order valence-corrected chi connectivity index (χ1v) is 7.30. The van der Waals surface area contributed by atoms with E-state index in [1.807, 2.05) is 17.0 Å². The van der Waals surface area contributed by atoms with Gasteiger partial charge in [0.05, 0.1) is 11.4 Å². The summed E-state index contributed by atoms with van der Waals surface area (Å²) in [4.78, 5) is 16.3. The number of carbonyl (C=O) groups is 1. The highest BCUT2D eigenvalue weighted by molar-refractivity contribution is 5.99. The molecular weight excluding hydrogens is 254 g/mol. The Balaban J connectivity index is 1.72. The monoisotopic (exact) mass is 275 g/mol. The predicted octanol–water partition coefficient (Wildman–Crippen LogP) is 1.48. The minimum atomic E-state index is 0.0140. The number of piperidine rings is 1. The molecule has 1 saturated heterocycles. The van der Waals surface area contributed by atoms with Crippen molar-refractivity contribution in [3.05, 3.63) is 18.2 Å². The Morgan fingerprint density at radius 1 is 1.15 bits per heavy atom. The number of para-hydroxylation sites is 1. The van der Waals surface area contributed by atoms with E-state index in [4.69, 9.17) is 10.5 Å². The summed E-state index contributed by atoms with van der Waals surface area (Å²) >= 11 is 0. The average Bonchev–Trinajstić information content (AvgIpc) is 2.47. The van der Waals surface area contributed by atoms with Gasteiger partial charge in [-0.25, -0.2) is 0 Å². The summed E-state index contributed by atoms with van der Waals surface area (Å²) in [5.41, 5.74) is 7.31. The molecule has 0 radical (unpaired) electrons. The molecule has 1 aromatic carbocycles. The van der Waals surface area contributed by atoms with Crippen LogP contribution in [0, 0.1) is 0 Å². The Hall–Kier alpha value is -1.75. The number of carbonyl (C=O) groups excluding carboxylic acids is 1. The molecule has 1 amide bonds. The number of fused-ring (bicyclic) bond motifs is 1. The van der Waals surface area contributed by atoms with Gasteiger partial charge in [-0.2, -0.15) is 0 Å². The summed E-state index contributed by atoms with van der Waals surface area (Å²) in [6, 6.07) is 5.57. The van der Waals surface area contributed by atoms with Crippen molar-refractivity contribution in [2.24, 2.45) is 0 Å². The maximum atomic E-state index is 12.1. The normalized spacial score (nSPS) is 19.6. The van der Waals surface area contributed by atoms with Crippen molar-refractivity contribution in [2.45, 2.75) is 19.3 Å². The highest BCUT2D eigenvalue weighted by Gasteiger charge is 2.27. The zero-order valence-corrected chi connectivity index (χ0v) is 11.7. The van der Waals surface area contributed by atoms with E-state index in [1.165, 1.54) is 19.3 Å². The molecule has 0 saturated carbocycles. The Morgan fingerprint density at radius 3 is 2.75 bits per heavy atom. The van der Waals surface area contributed by atoms with E-state index in [0.29, 0.717) is 18.0 Å². The molecule has 5 nitrogen and oxygen atoms in total. The molecule has 2 N–H and O–H groups in total. The molecule has 108 valence electrons. The third-order valence-corrected chi connectivity index (χ3v) is 4.05. The van der Waals surface area contributed by atoms with Crippen molar-refractivity contribution in [3.8, 4) is 5.75 Å². The number of hydrogen-bond acceptors (Lipinski definition) is 4. The molecule has 2 aliphatic heterocycles. The quantitative estimate of drug-likeness (QED) is 0.849. The summed E-state index contributed by atoms with van der Waals surface area (Å²) in [6.07, 6.45) is 3.85. The summed E-state index contributed by atoms with van der Waals surface area (Å²) in [6.45, 7) is 3.99. The number of nitrogens with zero attached hydrogens (tertiary/aromatic N) is 2. The Kier molecular flexibility index (Phi) is 3.78. The molecule has 0 aromatic heterocycles. The Morgan fingerprint density at radius 2 is 1.95 bits per heavy atom. The number of ether oxygens (including phenoxy) is 1. The van der Waals surface area contributed by atoms with Gasteiger partial charge in [0.1, 0.15) is 0 Å². The lowest BCUT2D eigenvalue weighted by molar-refractivity contribution is -0.121. The molecule has 0 aliphatic carbocycles. The number of benzene rings is 1. The number of anilines is 2. The molecule has 0 spiro atoms. The summed E-state index contributed by atoms with van der Waals surface area (Å²) in [5, 5.41) is 0. The third-order valence-electron chi connectivity index (χ3n) is 4.05. The fourth-order valence-electron chi connectivity index (χ4n) is 2.93. The van der Waals surface area contributed by atoms with Crippen molar-refractivity contribution < 1.29 is 9.53 Å². The minimum Gasteiger partial charge on any atom is -0.479 e. The lowest BCUT2D eigenvalue weighted by atomic mass is 10.1. The van der Waals surface area contributed by atoms with E-state index in [9.17, 15) is 4.79 Å². The van der Waals surface area contributed by atoms with Crippen LogP contribution >= 0.6 is 0 Å². The molecule has 0 atom stereocenters. The van der Waals surface area contributed by atoms with Crippen LogP contribution < -0.4 is 15.4 Å². The molecule has 1 aromatic rings. The molecule has 0 bridgehead atoms. The van der Waals surface area contributed by atoms with E-state index in [2.05, 4.69) is 4.90 Å². The fraction of sp³-hybridized carbons (Fsp3) is 0.533. The Labute approximate surface area is 119 Å². The Bertz CT molecular complexity index is 498. The van der Waals surface area contributed by atoms with Gasteiger partial charge in [0, 0.05) is 13.1 Å². The molecule has 20 heavy (non-hydrogen) atoms. The topological polar surface area (TPSA) is 58.8 Å². The number of amides is 1. The van der Waals surface area contributed by atoms with E-state index in [0.717, 1.165) is 25.3 Å². The van der Waals surface area contributed by atoms with Crippen LogP contribution in [0.15, 0.2) is 18.2 Å². The first-order chi connectivity index (χ1) is 9.75. The second kappa shape index (κ2) is 5.71. The van der Waals surface area contributed by atoms with Crippen LogP contribution in [0.2, 0.25) is 0 Å². The number of likely N-dealkylation sites (tertiary alicyclic amines) is 1. The maximum absolute atomic E-state index is 12.1. The zero-order chi connectivity index (χ0) is 13.9. The highest BCUT2D eigenvalue weighted by atomic mass is 16.5. The second-order valence-corrected chi connectivity index (χ2v) is 5.43. The summed E-state index contributed by atoms with van der Waals surface area (Å²) < 4.78 is 5.46. The van der Waals surface area contributed by atoms with E-state index < -0.39 is 0 Å². The van der Waals surface area contributed by atoms with Crippen molar-refractivity contribution >= 4 is 17.3 Å². The largest absolute Gasteiger partial charge is 0.479 e. The van der Waals surface area contributed by atoms with Crippen molar-refractivity contribution in [1.29, 1.82) is 0 Å². The average molecular weight is 275 g/mol. The number of rotatable bonds is 3. The first kappa shape index (κ1) is 13.2. The fourth-order valence-corrected chi connectivity index (χ4v) is 2.93. The zero-order valence-electron chi connectivity index (χ0n) is 11.7. The van der Waals surface area contributed by atoms with Crippen LogP contribution in [-0.4, -0.2) is 43.6 Å². The first-order valence-electron chi connectivity index (χ1n) is 7.30. The van der Waals surface area contributed by atoms with Crippen LogP contribution in [-0.2, 0) is 4.79 Å². The lowest BCUT2D eigenvalue weighted by Gasteiger charge is -2.33. The number of hydrogen-bond donors (Lipinski definition) is 1. The molecule has 2 heterocycles. The van der Waals surface area contributed by atoms with Gasteiger partial charge >= 0.3 is 0 Å². The van der Waals surface area contributed by atoms with Gasteiger partial charge in [0.15, 0.2) is 12.4 Å². The van der Waals surface area contributed by atoms with Gasteiger partial charge in [0.25, 0.3) is 5.91 Å². The summed E-state index contributed by atoms with van der Waals surface area (Å²) in [5.74, 6) is 0.658. The van der Waals surface area contributed by atoms with Gasteiger partial charge < -0.3 is 20.3 Å². The van der Waals surface area contributed by atoms with E-state index in [1.54, 1.807) is 6.07 Å². The van der Waals surface area contributed by atoms with E-state index >= 15 is 0 Å². The van der Waals surface area contributed by atoms with Gasteiger partial charge in [-0.15, -0.1) is 0 Å². The van der Waals surface area contributed by atoms with Crippen LogP contribution in [0.5, 0.6) is 5.75 Å². The molecule has 5 heteroatoms. The maximum Gasteiger partial charge on any atom is 0.265 e. The molecule has 0 unspecified atom stereocenters. The van der Waals surface area contributed by atoms with Gasteiger partial charge in [-0.1, -0.05) is 12.5 Å². The van der Waals surface area contributed by atoms with Crippen LogP contribution in [0.3, 0.4) is 0 Å².